The molecule has 1 aliphatic heterocycles. The predicted molar refractivity (Wildman–Crippen MR) is 147 cm³/mol. The summed E-state index contributed by atoms with van der Waals surface area (Å²) in [6.45, 7) is 2.60. The Bertz CT molecular complexity index is 1430. The minimum absolute atomic E-state index is 0.169. The lowest BCUT2D eigenvalue weighted by Crippen LogP contribution is -2.56. The molecule has 2 aromatic heterocycles. The molecule has 5 rings (SSSR count). The van der Waals surface area contributed by atoms with Crippen molar-refractivity contribution >= 4 is 23.4 Å². The van der Waals surface area contributed by atoms with Crippen LogP contribution in [0.5, 0.6) is 0 Å². The number of piperidine rings is 1. The van der Waals surface area contributed by atoms with Gasteiger partial charge in [-0.3, -0.25) is 19.5 Å². The fraction of sp³-hybridized carbons (Fsp3) is 0.286. The first kappa shape index (κ1) is 26.5. The molecule has 10 nitrogen and oxygen atoms in total. The van der Waals surface area contributed by atoms with Gasteiger partial charge in [0.1, 0.15) is 6.33 Å². The Kier molecular flexibility index (Phi) is 7.94. The van der Waals surface area contributed by atoms with Gasteiger partial charge in [-0.1, -0.05) is 41.9 Å². The molecule has 1 fully saturated rings. The molecule has 1 saturated heterocycles. The first-order valence-corrected chi connectivity index (χ1v) is 13.1. The van der Waals surface area contributed by atoms with Crippen molar-refractivity contribution in [3.8, 4) is 16.8 Å². The van der Waals surface area contributed by atoms with Crippen LogP contribution in [0.1, 0.15) is 36.8 Å². The minimum atomic E-state index is -0.551. The number of hydrogen-bond acceptors (Lipinski definition) is 7. The highest BCUT2D eigenvalue weighted by atomic mass is 35.5. The second kappa shape index (κ2) is 11.7. The lowest BCUT2D eigenvalue weighted by molar-refractivity contribution is -0.132. The highest BCUT2D eigenvalue weighted by molar-refractivity contribution is 6.30. The number of tetrazole rings is 1. The standard InChI is InChI=1S/C28H29ClN8O2/c1-18(28(39)32-16-23-13-24(29)8-9-25(23)37-17-33-34-35-37)36-12-10-21(14-26(36)27(30)38)19-4-6-20(7-5-19)22-3-2-11-31-15-22/h2-9,11,13,15,17-18,21,26H,10,12,14,16H2,1H3,(H2,30,38)(H,32,39)/t18-,21?,26?/m0/s1. The van der Waals surface area contributed by atoms with E-state index in [1.807, 2.05) is 23.2 Å². The van der Waals surface area contributed by atoms with Crippen LogP contribution in [0.3, 0.4) is 0 Å². The van der Waals surface area contributed by atoms with E-state index in [-0.39, 0.29) is 18.4 Å². The fourth-order valence-electron chi connectivity index (χ4n) is 5.18. The van der Waals surface area contributed by atoms with Crippen LogP contribution in [0.4, 0.5) is 0 Å². The number of nitrogens with one attached hydrogen (secondary N) is 1. The van der Waals surface area contributed by atoms with Gasteiger partial charge in [-0.15, -0.1) is 5.10 Å². The Morgan fingerprint density at radius 3 is 2.67 bits per heavy atom. The van der Waals surface area contributed by atoms with Gasteiger partial charge in [-0.05, 0) is 82.6 Å². The third-order valence-corrected chi connectivity index (χ3v) is 7.55. The molecule has 2 amide bonds. The Morgan fingerprint density at radius 2 is 1.97 bits per heavy atom. The lowest BCUT2D eigenvalue weighted by atomic mass is 9.84. The van der Waals surface area contributed by atoms with Gasteiger partial charge >= 0.3 is 0 Å². The average molecular weight is 545 g/mol. The van der Waals surface area contributed by atoms with Gasteiger partial charge in [0, 0.05) is 30.5 Å². The van der Waals surface area contributed by atoms with Gasteiger partial charge in [0.05, 0.1) is 17.8 Å². The van der Waals surface area contributed by atoms with Crippen LogP contribution in [0.15, 0.2) is 73.3 Å². The smallest absolute Gasteiger partial charge is 0.237 e. The number of benzene rings is 2. The molecule has 3 atom stereocenters. The highest BCUT2D eigenvalue weighted by Crippen LogP contribution is 2.34. The molecular weight excluding hydrogens is 516 g/mol. The number of carbonyl (C=O) groups excluding carboxylic acids is 2. The third-order valence-electron chi connectivity index (χ3n) is 7.32. The molecule has 0 radical (unpaired) electrons. The number of hydrogen-bond donors (Lipinski definition) is 2. The number of primary amides is 1. The monoisotopic (exact) mass is 544 g/mol. The molecule has 2 aromatic carbocycles. The molecule has 3 N–H and O–H groups in total. The molecule has 200 valence electrons. The van der Waals surface area contributed by atoms with Crippen molar-refractivity contribution in [2.24, 2.45) is 5.73 Å². The van der Waals surface area contributed by atoms with E-state index >= 15 is 0 Å². The summed E-state index contributed by atoms with van der Waals surface area (Å²) < 4.78 is 1.51. The number of pyridine rings is 1. The van der Waals surface area contributed by atoms with E-state index < -0.39 is 18.0 Å². The van der Waals surface area contributed by atoms with Crippen LogP contribution in [0, 0.1) is 0 Å². The number of amides is 2. The second-order valence-electron chi connectivity index (χ2n) is 9.66. The van der Waals surface area contributed by atoms with Crippen LogP contribution in [0.25, 0.3) is 16.8 Å². The molecule has 1 aliphatic rings. The molecule has 0 bridgehead atoms. The van der Waals surface area contributed by atoms with Crippen molar-refractivity contribution in [1.82, 2.24) is 35.4 Å². The van der Waals surface area contributed by atoms with Gasteiger partial charge < -0.3 is 11.1 Å². The van der Waals surface area contributed by atoms with Gasteiger partial charge in [0.25, 0.3) is 0 Å². The zero-order chi connectivity index (χ0) is 27.4. The number of nitrogens with two attached hydrogens (primary N) is 1. The van der Waals surface area contributed by atoms with E-state index in [0.717, 1.165) is 28.7 Å². The van der Waals surface area contributed by atoms with E-state index in [1.165, 1.54) is 11.0 Å². The Labute approximate surface area is 231 Å². The van der Waals surface area contributed by atoms with Gasteiger partial charge in [0.15, 0.2) is 0 Å². The first-order chi connectivity index (χ1) is 18.9. The maximum Gasteiger partial charge on any atom is 0.237 e. The zero-order valence-corrected chi connectivity index (χ0v) is 22.2. The molecule has 39 heavy (non-hydrogen) atoms. The van der Waals surface area contributed by atoms with Crippen molar-refractivity contribution in [1.29, 1.82) is 0 Å². The molecule has 2 unspecified atom stereocenters. The van der Waals surface area contributed by atoms with Crippen molar-refractivity contribution < 1.29 is 9.59 Å². The summed E-state index contributed by atoms with van der Waals surface area (Å²) in [5.74, 6) is -0.465. The lowest BCUT2D eigenvalue weighted by Gasteiger charge is -2.40. The summed E-state index contributed by atoms with van der Waals surface area (Å²) in [6, 6.07) is 16.5. The largest absolute Gasteiger partial charge is 0.368 e. The van der Waals surface area contributed by atoms with E-state index in [1.54, 1.807) is 31.3 Å². The average Bonchev–Trinajstić information content (AvgIpc) is 3.50. The van der Waals surface area contributed by atoms with E-state index in [9.17, 15) is 9.59 Å². The molecule has 0 saturated carbocycles. The zero-order valence-electron chi connectivity index (χ0n) is 21.4. The molecule has 0 spiro atoms. The molecule has 0 aliphatic carbocycles. The number of likely N-dealkylation sites (tertiary alicyclic amines) is 1. The maximum absolute atomic E-state index is 13.2. The van der Waals surface area contributed by atoms with Crippen LogP contribution < -0.4 is 11.1 Å². The predicted octanol–water partition coefficient (Wildman–Crippen LogP) is 3.12. The normalized spacial score (nSPS) is 18.4. The topological polar surface area (TPSA) is 132 Å². The summed E-state index contributed by atoms with van der Waals surface area (Å²) in [6.07, 6.45) is 6.43. The van der Waals surface area contributed by atoms with Crippen LogP contribution in [-0.2, 0) is 16.1 Å². The molecule has 3 heterocycles. The summed E-state index contributed by atoms with van der Waals surface area (Å²) in [5, 5.41) is 14.8. The Morgan fingerprint density at radius 1 is 1.15 bits per heavy atom. The van der Waals surface area contributed by atoms with E-state index in [0.29, 0.717) is 23.7 Å². The first-order valence-electron chi connectivity index (χ1n) is 12.8. The number of halogens is 1. The number of carbonyl (C=O) groups is 2. The highest BCUT2D eigenvalue weighted by Gasteiger charge is 2.37. The van der Waals surface area contributed by atoms with Crippen LogP contribution in [0.2, 0.25) is 5.02 Å². The van der Waals surface area contributed by atoms with Crippen LogP contribution in [-0.4, -0.2) is 60.5 Å². The van der Waals surface area contributed by atoms with Crippen molar-refractivity contribution in [2.45, 2.75) is 44.3 Å². The summed E-state index contributed by atoms with van der Waals surface area (Å²) in [7, 11) is 0. The van der Waals surface area contributed by atoms with Crippen molar-refractivity contribution in [2.75, 3.05) is 6.54 Å². The number of rotatable bonds is 8. The summed E-state index contributed by atoms with van der Waals surface area (Å²) in [4.78, 5) is 31.8. The summed E-state index contributed by atoms with van der Waals surface area (Å²) in [5.41, 5.74) is 10.6. The van der Waals surface area contributed by atoms with Crippen LogP contribution >= 0.6 is 11.6 Å². The number of nitrogens with zero attached hydrogens (tertiary/aromatic N) is 6. The molecular formula is C28H29ClN8O2. The quantitative estimate of drug-likeness (QED) is 0.348. The maximum atomic E-state index is 13.2. The van der Waals surface area contributed by atoms with Gasteiger partial charge in [-0.25, -0.2) is 4.68 Å². The van der Waals surface area contributed by atoms with Crippen molar-refractivity contribution in [3.05, 3.63) is 89.5 Å². The summed E-state index contributed by atoms with van der Waals surface area (Å²) >= 11 is 6.20. The minimum Gasteiger partial charge on any atom is -0.368 e. The Balaban J connectivity index is 1.24. The molecule has 11 heteroatoms. The SMILES string of the molecule is C[C@@H](C(=O)NCc1cc(Cl)ccc1-n1cnnn1)N1CCC(c2ccc(-c3cccnc3)cc2)CC1C(N)=O. The Hall–Kier alpha value is -4.15. The van der Waals surface area contributed by atoms with Gasteiger partial charge in [-0.2, -0.15) is 0 Å². The fourth-order valence-corrected chi connectivity index (χ4v) is 5.38. The van der Waals surface area contributed by atoms with Crippen molar-refractivity contribution in [3.63, 3.8) is 0 Å². The number of aromatic nitrogens is 5. The third kappa shape index (κ3) is 5.97. The van der Waals surface area contributed by atoms with E-state index in [4.69, 9.17) is 17.3 Å². The van der Waals surface area contributed by atoms with E-state index in [2.05, 4.69) is 50.1 Å². The second-order valence-corrected chi connectivity index (χ2v) is 10.1. The molecule has 4 aromatic rings. The van der Waals surface area contributed by atoms with Gasteiger partial charge in [0.2, 0.25) is 11.8 Å².